The van der Waals surface area contributed by atoms with E-state index in [0.717, 1.165) is 17.1 Å². The highest BCUT2D eigenvalue weighted by Gasteiger charge is 2.04. The molecule has 2 rings (SSSR count). The molecule has 0 atom stereocenters. The van der Waals surface area contributed by atoms with E-state index in [0.29, 0.717) is 6.54 Å². The molecule has 2 aromatic rings. The first kappa shape index (κ1) is 11.7. The van der Waals surface area contributed by atoms with Crippen LogP contribution in [0.4, 0.5) is 0 Å². The lowest BCUT2D eigenvalue weighted by Crippen LogP contribution is -2.00. The normalized spacial score (nSPS) is 10.3. The molecule has 0 aromatic heterocycles. The van der Waals surface area contributed by atoms with E-state index in [9.17, 15) is 0 Å². The molecule has 0 aliphatic carbocycles. The van der Waals surface area contributed by atoms with Gasteiger partial charge in [0.1, 0.15) is 11.5 Å². The van der Waals surface area contributed by atoms with Crippen molar-refractivity contribution < 1.29 is 4.74 Å². The van der Waals surface area contributed by atoms with Crippen LogP contribution in [0.15, 0.2) is 42.5 Å². The maximum atomic E-state index is 5.86. The molecule has 0 bridgehead atoms. The Morgan fingerprint density at radius 2 is 1.76 bits per heavy atom. The van der Waals surface area contributed by atoms with Gasteiger partial charge in [-0.2, -0.15) is 0 Å². The third-order valence-corrected chi connectivity index (χ3v) is 2.65. The molecule has 0 radical (unpaired) electrons. The van der Waals surface area contributed by atoms with Crippen molar-refractivity contribution in [2.45, 2.75) is 20.4 Å². The minimum absolute atomic E-state index is 0.489. The number of aryl methyl sites for hydroxylation is 2. The molecular formula is C15H17NO. The van der Waals surface area contributed by atoms with E-state index >= 15 is 0 Å². The van der Waals surface area contributed by atoms with Gasteiger partial charge in [0, 0.05) is 12.1 Å². The quantitative estimate of drug-likeness (QED) is 0.870. The van der Waals surface area contributed by atoms with Crippen LogP contribution >= 0.6 is 0 Å². The fraction of sp³-hybridized carbons (Fsp3) is 0.200. The van der Waals surface area contributed by atoms with Crippen molar-refractivity contribution in [2.75, 3.05) is 0 Å². The molecule has 0 unspecified atom stereocenters. The third kappa shape index (κ3) is 2.86. The van der Waals surface area contributed by atoms with Gasteiger partial charge < -0.3 is 10.5 Å². The van der Waals surface area contributed by atoms with Crippen molar-refractivity contribution in [3.8, 4) is 11.5 Å². The number of ether oxygens (including phenoxy) is 1. The maximum Gasteiger partial charge on any atom is 0.131 e. The van der Waals surface area contributed by atoms with E-state index in [1.54, 1.807) is 0 Å². The van der Waals surface area contributed by atoms with Gasteiger partial charge in [0.25, 0.3) is 0 Å². The number of benzene rings is 2. The summed E-state index contributed by atoms with van der Waals surface area (Å²) in [5.41, 5.74) is 9.14. The standard InChI is InChI=1S/C15H17NO/c1-11-4-3-5-14(9-11)17-15-7-6-12(2)8-13(15)10-16/h3-9H,10,16H2,1-2H3. The van der Waals surface area contributed by atoms with Crippen molar-refractivity contribution in [3.63, 3.8) is 0 Å². The predicted molar refractivity (Wildman–Crippen MR) is 70.3 cm³/mol. The van der Waals surface area contributed by atoms with Gasteiger partial charge in [-0.15, -0.1) is 0 Å². The first-order valence-electron chi connectivity index (χ1n) is 5.73. The van der Waals surface area contributed by atoms with E-state index in [-0.39, 0.29) is 0 Å². The minimum atomic E-state index is 0.489. The van der Waals surface area contributed by atoms with Crippen LogP contribution in [-0.4, -0.2) is 0 Å². The highest BCUT2D eigenvalue weighted by atomic mass is 16.5. The number of rotatable bonds is 3. The molecule has 0 heterocycles. The van der Waals surface area contributed by atoms with Crippen LogP contribution < -0.4 is 10.5 Å². The van der Waals surface area contributed by atoms with Crippen LogP contribution in [0.25, 0.3) is 0 Å². The highest BCUT2D eigenvalue weighted by Crippen LogP contribution is 2.26. The van der Waals surface area contributed by atoms with Crippen LogP contribution in [0.2, 0.25) is 0 Å². The van der Waals surface area contributed by atoms with Gasteiger partial charge in [-0.3, -0.25) is 0 Å². The Bertz CT molecular complexity index is 520. The second-order valence-electron chi connectivity index (χ2n) is 4.23. The van der Waals surface area contributed by atoms with Crippen LogP contribution in [-0.2, 0) is 6.54 Å². The van der Waals surface area contributed by atoms with Crippen molar-refractivity contribution in [2.24, 2.45) is 5.73 Å². The summed E-state index contributed by atoms with van der Waals surface area (Å²) >= 11 is 0. The fourth-order valence-electron chi connectivity index (χ4n) is 1.77. The monoisotopic (exact) mass is 227 g/mol. The fourth-order valence-corrected chi connectivity index (χ4v) is 1.77. The summed E-state index contributed by atoms with van der Waals surface area (Å²) in [4.78, 5) is 0. The second kappa shape index (κ2) is 5.02. The average molecular weight is 227 g/mol. The lowest BCUT2D eigenvalue weighted by molar-refractivity contribution is 0.476. The van der Waals surface area contributed by atoms with E-state index < -0.39 is 0 Å². The Balaban J connectivity index is 2.29. The Morgan fingerprint density at radius 1 is 1.00 bits per heavy atom. The second-order valence-corrected chi connectivity index (χ2v) is 4.23. The third-order valence-electron chi connectivity index (χ3n) is 2.65. The van der Waals surface area contributed by atoms with Gasteiger partial charge in [-0.25, -0.2) is 0 Å². The molecule has 2 heteroatoms. The van der Waals surface area contributed by atoms with Crippen molar-refractivity contribution in [3.05, 3.63) is 59.2 Å². The zero-order valence-electron chi connectivity index (χ0n) is 10.2. The van der Waals surface area contributed by atoms with Gasteiger partial charge in [0.15, 0.2) is 0 Å². The minimum Gasteiger partial charge on any atom is -0.457 e. The molecule has 0 aliphatic rings. The summed E-state index contributed by atoms with van der Waals surface area (Å²) in [6, 6.07) is 14.1. The van der Waals surface area contributed by atoms with Gasteiger partial charge in [0.2, 0.25) is 0 Å². The summed E-state index contributed by atoms with van der Waals surface area (Å²) in [5.74, 6) is 1.69. The van der Waals surface area contributed by atoms with Crippen LogP contribution in [0.1, 0.15) is 16.7 Å². The molecular weight excluding hydrogens is 210 g/mol. The van der Waals surface area contributed by atoms with Gasteiger partial charge in [-0.1, -0.05) is 29.8 Å². The molecule has 2 N–H and O–H groups in total. The zero-order chi connectivity index (χ0) is 12.3. The maximum absolute atomic E-state index is 5.86. The summed E-state index contributed by atoms with van der Waals surface area (Å²) in [7, 11) is 0. The van der Waals surface area contributed by atoms with Crippen molar-refractivity contribution >= 4 is 0 Å². The lowest BCUT2D eigenvalue weighted by Gasteiger charge is -2.11. The van der Waals surface area contributed by atoms with Crippen LogP contribution in [0.5, 0.6) is 11.5 Å². The van der Waals surface area contributed by atoms with Gasteiger partial charge in [0.05, 0.1) is 0 Å². The van der Waals surface area contributed by atoms with E-state index in [1.165, 1.54) is 11.1 Å². The molecule has 0 aliphatic heterocycles. The molecule has 0 spiro atoms. The van der Waals surface area contributed by atoms with Gasteiger partial charge in [-0.05, 0) is 37.6 Å². The zero-order valence-corrected chi connectivity index (χ0v) is 10.2. The summed E-state index contributed by atoms with van der Waals surface area (Å²) in [6.07, 6.45) is 0. The number of hydrogen-bond donors (Lipinski definition) is 1. The molecule has 2 nitrogen and oxygen atoms in total. The largest absolute Gasteiger partial charge is 0.457 e. The Labute approximate surface area is 102 Å². The van der Waals surface area contributed by atoms with Crippen molar-refractivity contribution in [1.29, 1.82) is 0 Å². The topological polar surface area (TPSA) is 35.2 Å². The van der Waals surface area contributed by atoms with E-state index in [1.807, 2.05) is 43.3 Å². The molecule has 2 aromatic carbocycles. The molecule has 88 valence electrons. The SMILES string of the molecule is Cc1cccc(Oc2ccc(C)cc2CN)c1. The summed E-state index contributed by atoms with van der Waals surface area (Å²) in [5, 5.41) is 0. The van der Waals surface area contributed by atoms with Crippen LogP contribution in [0, 0.1) is 13.8 Å². The van der Waals surface area contributed by atoms with E-state index in [2.05, 4.69) is 13.0 Å². The summed E-state index contributed by atoms with van der Waals surface area (Å²) < 4.78 is 5.86. The molecule has 0 saturated carbocycles. The van der Waals surface area contributed by atoms with Crippen LogP contribution in [0.3, 0.4) is 0 Å². The van der Waals surface area contributed by atoms with Crippen molar-refractivity contribution in [1.82, 2.24) is 0 Å². The molecule has 0 saturated heterocycles. The number of nitrogens with two attached hydrogens (primary N) is 1. The highest BCUT2D eigenvalue weighted by molar-refractivity contribution is 5.40. The molecule has 0 fully saturated rings. The first-order chi connectivity index (χ1) is 8.19. The smallest absolute Gasteiger partial charge is 0.131 e. The Kier molecular flexibility index (Phi) is 3.45. The van der Waals surface area contributed by atoms with E-state index in [4.69, 9.17) is 10.5 Å². The summed E-state index contributed by atoms with van der Waals surface area (Å²) in [6.45, 7) is 4.59. The average Bonchev–Trinajstić information content (AvgIpc) is 2.31. The molecule has 17 heavy (non-hydrogen) atoms. The van der Waals surface area contributed by atoms with Gasteiger partial charge >= 0.3 is 0 Å². The first-order valence-corrected chi connectivity index (χ1v) is 5.73. The predicted octanol–water partition coefficient (Wildman–Crippen LogP) is 3.55. The Morgan fingerprint density at radius 3 is 2.47 bits per heavy atom. The number of hydrogen-bond acceptors (Lipinski definition) is 2. The Hall–Kier alpha value is -1.80. The lowest BCUT2D eigenvalue weighted by atomic mass is 10.1. The molecule has 0 amide bonds.